The quantitative estimate of drug-likeness (QED) is 0.0484. The van der Waals surface area contributed by atoms with Gasteiger partial charge in [-0.15, -0.1) is 0 Å². The van der Waals surface area contributed by atoms with E-state index in [1.807, 2.05) is 0 Å². The van der Waals surface area contributed by atoms with Crippen molar-refractivity contribution in [3.63, 3.8) is 0 Å². The fraction of sp³-hybridized carbons (Fsp3) is 0.758. The predicted molar refractivity (Wildman–Crippen MR) is 167 cm³/mol. The van der Waals surface area contributed by atoms with E-state index in [4.69, 9.17) is 14.9 Å². The molecular formula is C33H58N2O7. The smallest absolute Gasteiger partial charge is 0.328 e. The molecule has 0 aromatic carbocycles. The van der Waals surface area contributed by atoms with Gasteiger partial charge in [-0.3, -0.25) is 14.4 Å². The van der Waals surface area contributed by atoms with E-state index in [1.165, 1.54) is 19.3 Å². The molecule has 0 aliphatic carbocycles. The first-order valence-corrected chi connectivity index (χ1v) is 16.2. The number of ether oxygens (including phenoxy) is 1. The number of aliphatic carboxylic acids is 1. The Bertz CT molecular complexity index is 782. The summed E-state index contributed by atoms with van der Waals surface area (Å²) in [5.74, 6) is -2.42. The van der Waals surface area contributed by atoms with Crippen LogP contribution in [0.5, 0.6) is 0 Å². The summed E-state index contributed by atoms with van der Waals surface area (Å²) in [6, 6.07) is -1.39. The Kier molecular flexibility index (Phi) is 26.6. The number of carbonyl (C=O) groups excluding carboxylic acids is 3. The molecule has 0 saturated heterocycles. The van der Waals surface area contributed by atoms with Gasteiger partial charge in [0.25, 0.3) is 0 Å². The van der Waals surface area contributed by atoms with E-state index in [0.717, 1.165) is 83.5 Å². The molecule has 4 N–H and O–H groups in total. The molecule has 9 nitrogen and oxygen atoms in total. The van der Waals surface area contributed by atoms with E-state index in [1.54, 1.807) is 0 Å². The monoisotopic (exact) mass is 594 g/mol. The summed E-state index contributed by atoms with van der Waals surface area (Å²) < 4.78 is 5.82. The van der Waals surface area contributed by atoms with Gasteiger partial charge in [0.2, 0.25) is 11.8 Å². The predicted octanol–water partition coefficient (Wildman–Crippen LogP) is 6.14. The van der Waals surface area contributed by atoms with Gasteiger partial charge >= 0.3 is 11.9 Å². The molecule has 0 rings (SSSR count). The summed E-state index contributed by atoms with van der Waals surface area (Å²) >= 11 is 0. The van der Waals surface area contributed by atoms with Crippen LogP contribution >= 0.6 is 0 Å². The highest BCUT2D eigenvalue weighted by molar-refractivity contribution is 5.87. The maximum atomic E-state index is 12.4. The summed E-state index contributed by atoms with van der Waals surface area (Å²) in [7, 11) is 0. The zero-order chi connectivity index (χ0) is 31.3. The first-order valence-electron chi connectivity index (χ1n) is 16.2. The second kappa shape index (κ2) is 28.4. The number of esters is 1. The molecule has 0 radical (unpaired) electrons. The minimum absolute atomic E-state index is 0.0844. The number of unbranched alkanes of at least 4 members (excludes halogenated alkanes) is 10. The zero-order valence-electron chi connectivity index (χ0n) is 26.2. The summed E-state index contributed by atoms with van der Waals surface area (Å²) in [6.45, 7) is 3.27. The Morgan fingerprint density at radius 3 is 2.00 bits per heavy atom. The fourth-order valence-corrected chi connectivity index (χ4v) is 4.40. The van der Waals surface area contributed by atoms with Crippen molar-refractivity contribution in [2.45, 2.75) is 148 Å². The molecule has 42 heavy (non-hydrogen) atoms. The maximum Gasteiger partial charge on any atom is 0.328 e. The molecule has 2 atom stereocenters. The van der Waals surface area contributed by atoms with Crippen molar-refractivity contribution in [1.29, 1.82) is 0 Å². The average molecular weight is 595 g/mol. The Morgan fingerprint density at radius 1 is 0.714 bits per heavy atom. The van der Waals surface area contributed by atoms with Gasteiger partial charge in [-0.2, -0.15) is 0 Å². The van der Waals surface area contributed by atoms with Gasteiger partial charge in [-0.1, -0.05) is 83.1 Å². The van der Waals surface area contributed by atoms with Crippen molar-refractivity contribution >= 4 is 23.8 Å². The van der Waals surface area contributed by atoms with Crippen molar-refractivity contribution in [2.24, 2.45) is 0 Å². The minimum Gasteiger partial charge on any atom is -0.480 e. The third-order valence-electron chi connectivity index (χ3n) is 6.93. The first kappa shape index (κ1) is 39.3. The van der Waals surface area contributed by atoms with Crippen LogP contribution < -0.4 is 10.6 Å². The molecule has 0 aromatic rings. The van der Waals surface area contributed by atoms with Gasteiger partial charge in [0.05, 0.1) is 13.2 Å². The van der Waals surface area contributed by atoms with Crippen LogP contribution in [0.2, 0.25) is 0 Å². The Hall–Kier alpha value is -2.68. The van der Waals surface area contributed by atoms with Crippen molar-refractivity contribution in [3.8, 4) is 0 Å². The molecule has 2 amide bonds. The van der Waals surface area contributed by atoms with Gasteiger partial charge in [0.15, 0.2) is 0 Å². The lowest BCUT2D eigenvalue weighted by Gasteiger charge is -2.18. The number of carbonyl (C=O) groups is 4. The van der Waals surface area contributed by atoms with Crippen LogP contribution in [0.25, 0.3) is 0 Å². The van der Waals surface area contributed by atoms with Gasteiger partial charge < -0.3 is 25.6 Å². The molecule has 0 bridgehead atoms. The van der Waals surface area contributed by atoms with Crippen LogP contribution in [-0.2, 0) is 23.9 Å². The largest absolute Gasteiger partial charge is 0.480 e. The molecule has 0 heterocycles. The molecule has 0 fully saturated rings. The van der Waals surface area contributed by atoms with E-state index in [9.17, 15) is 19.2 Å². The summed E-state index contributed by atoms with van der Waals surface area (Å²) in [6.07, 6.45) is 26.7. The standard InChI is InChI=1S/C33H58N2O7/c1-3-5-7-8-9-10-11-12-13-14-15-16-21-25-32(39)42-28(22-18-6-4-2)23-19-17-20-24-30(37)34-26-31(38)35-29(27-36)33(40)41/h7-8,10-11,28-29,36H,3-6,9,12-27H2,1-2H3,(H,34,37)(H,35,38)(H,40,41)/b8-7-,11-10-. The molecule has 242 valence electrons. The number of carboxylic acid groups (broad SMARTS) is 1. The molecular weight excluding hydrogens is 536 g/mol. The highest BCUT2D eigenvalue weighted by Crippen LogP contribution is 2.17. The molecule has 0 aliphatic rings. The lowest BCUT2D eigenvalue weighted by Crippen LogP contribution is -2.47. The van der Waals surface area contributed by atoms with Crippen molar-refractivity contribution in [1.82, 2.24) is 10.6 Å². The van der Waals surface area contributed by atoms with Gasteiger partial charge in [0, 0.05) is 12.8 Å². The second-order valence-electron chi connectivity index (χ2n) is 10.9. The van der Waals surface area contributed by atoms with Gasteiger partial charge in [-0.05, 0) is 64.2 Å². The molecule has 2 unspecified atom stereocenters. The zero-order valence-corrected chi connectivity index (χ0v) is 26.2. The number of amides is 2. The highest BCUT2D eigenvalue weighted by Gasteiger charge is 2.19. The van der Waals surface area contributed by atoms with E-state index in [-0.39, 0.29) is 30.9 Å². The first-order chi connectivity index (χ1) is 20.3. The number of rotatable bonds is 28. The van der Waals surface area contributed by atoms with E-state index in [0.29, 0.717) is 12.8 Å². The van der Waals surface area contributed by atoms with Crippen LogP contribution in [0, 0.1) is 0 Å². The average Bonchev–Trinajstić information content (AvgIpc) is 2.96. The third-order valence-corrected chi connectivity index (χ3v) is 6.93. The number of nitrogens with one attached hydrogen (secondary N) is 2. The van der Waals surface area contributed by atoms with E-state index in [2.05, 4.69) is 48.8 Å². The lowest BCUT2D eigenvalue weighted by atomic mass is 10.0. The molecule has 0 aliphatic heterocycles. The van der Waals surface area contributed by atoms with Crippen molar-refractivity contribution in [2.75, 3.05) is 13.2 Å². The third kappa shape index (κ3) is 25.1. The normalized spacial score (nSPS) is 12.8. The van der Waals surface area contributed by atoms with Crippen molar-refractivity contribution in [3.05, 3.63) is 24.3 Å². The Balaban J connectivity index is 4.07. The van der Waals surface area contributed by atoms with Crippen LogP contribution in [0.3, 0.4) is 0 Å². The minimum atomic E-state index is -1.39. The Morgan fingerprint density at radius 2 is 1.33 bits per heavy atom. The number of hydrogen-bond acceptors (Lipinski definition) is 6. The number of aliphatic hydroxyl groups is 1. The van der Waals surface area contributed by atoms with Crippen LogP contribution in [0.4, 0.5) is 0 Å². The van der Waals surface area contributed by atoms with E-state index >= 15 is 0 Å². The maximum absolute atomic E-state index is 12.4. The summed E-state index contributed by atoms with van der Waals surface area (Å²) in [5, 5.41) is 22.4. The van der Waals surface area contributed by atoms with Gasteiger partial charge in [-0.25, -0.2) is 4.79 Å². The van der Waals surface area contributed by atoms with Crippen LogP contribution in [0.15, 0.2) is 24.3 Å². The lowest BCUT2D eigenvalue weighted by molar-refractivity contribution is -0.150. The molecule has 0 aromatic heterocycles. The number of carboxylic acids is 1. The number of aliphatic hydroxyl groups excluding tert-OH is 1. The molecule has 9 heteroatoms. The fourth-order valence-electron chi connectivity index (χ4n) is 4.40. The van der Waals surface area contributed by atoms with Gasteiger partial charge in [0.1, 0.15) is 12.1 Å². The van der Waals surface area contributed by atoms with Crippen LogP contribution in [0.1, 0.15) is 136 Å². The van der Waals surface area contributed by atoms with Crippen molar-refractivity contribution < 1.29 is 34.1 Å². The molecule has 0 spiro atoms. The summed E-state index contributed by atoms with van der Waals surface area (Å²) in [5.41, 5.74) is 0. The summed E-state index contributed by atoms with van der Waals surface area (Å²) in [4.78, 5) is 47.0. The Labute approximate surface area is 253 Å². The SMILES string of the molecule is CCC/C=C\C/C=C\CCCCCCCC(=O)OC(CCCCC)CCCCCC(=O)NCC(=O)NC(CO)C(=O)O. The number of hydrogen-bond donors (Lipinski definition) is 4. The van der Waals surface area contributed by atoms with E-state index < -0.39 is 24.5 Å². The van der Waals surface area contributed by atoms with Crippen LogP contribution in [-0.4, -0.2) is 59.3 Å². The topological polar surface area (TPSA) is 142 Å². The highest BCUT2D eigenvalue weighted by atomic mass is 16.5. The molecule has 0 saturated carbocycles. The second-order valence-corrected chi connectivity index (χ2v) is 10.9. The number of allylic oxidation sites excluding steroid dienone is 4.